The number of alkyl halides is 2. The molecule has 3 aliphatic rings. The summed E-state index contributed by atoms with van der Waals surface area (Å²) in [6.07, 6.45) is 0.822. The molecule has 2 aliphatic carbocycles. The Morgan fingerprint density at radius 2 is 1.65 bits per heavy atom. The van der Waals surface area contributed by atoms with Crippen molar-refractivity contribution in [1.82, 2.24) is 4.90 Å². The number of nitrogens with one attached hydrogen (secondary N) is 1. The molecule has 1 N–H and O–H groups in total. The van der Waals surface area contributed by atoms with Crippen LogP contribution in [0.2, 0.25) is 0 Å². The monoisotopic (exact) mass is 556 g/mol. The molecule has 0 spiro atoms. The lowest BCUT2D eigenvalue weighted by molar-refractivity contribution is -0.154. The van der Waals surface area contributed by atoms with Crippen molar-refractivity contribution >= 4 is 61.2 Å². The molecule has 1 aromatic rings. The van der Waals surface area contributed by atoms with E-state index >= 15 is 0 Å². The van der Waals surface area contributed by atoms with Gasteiger partial charge in [0.25, 0.3) is 5.91 Å². The van der Waals surface area contributed by atoms with Gasteiger partial charge >= 0.3 is 5.97 Å². The van der Waals surface area contributed by atoms with Crippen LogP contribution in [0.1, 0.15) is 13.3 Å². The van der Waals surface area contributed by atoms with Gasteiger partial charge in [0, 0.05) is 15.3 Å². The third-order valence-corrected chi connectivity index (χ3v) is 9.39. The molecular weight excluding hydrogens is 536 g/mol. The van der Waals surface area contributed by atoms with Crippen molar-refractivity contribution in [1.29, 1.82) is 0 Å². The van der Waals surface area contributed by atoms with Crippen molar-refractivity contribution in [2.75, 3.05) is 25.1 Å². The highest BCUT2D eigenvalue weighted by atomic mass is 79.9. The molecule has 0 unspecified atom stereocenters. The summed E-state index contributed by atoms with van der Waals surface area (Å²) in [5, 5.41) is 2.61. The topological polar surface area (TPSA) is 102 Å². The van der Waals surface area contributed by atoms with Crippen LogP contribution in [-0.2, 0) is 23.9 Å². The van der Waals surface area contributed by atoms with E-state index in [1.54, 1.807) is 24.3 Å². The van der Waals surface area contributed by atoms with Crippen LogP contribution in [-0.4, -0.2) is 58.0 Å². The van der Waals surface area contributed by atoms with E-state index in [9.17, 15) is 19.2 Å². The average molecular weight is 558 g/mol. The Balaban J connectivity index is 1.28. The number of hydrogen-bond acceptors (Lipinski definition) is 6. The van der Waals surface area contributed by atoms with E-state index in [1.807, 2.05) is 6.92 Å². The first-order chi connectivity index (χ1) is 14.8. The molecule has 3 fully saturated rings. The fraction of sp³-hybridized carbons (Fsp3) is 0.524. The van der Waals surface area contributed by atoms with Crippen LogP contribution in [0.5, 0.6) is 5.75 Å². The number of benzene rings is 1. The zero-order valence-corrected chi connectivity index (χ0v) is 19.9. The Labute approximate surface area is 196 Å². The maximum absolute atomic E-state index is 12.8. The van der Waals surface area contributed by atoms with Crippen LogP contribution in [0.15, 0.2) is 24.3 Å². The van der Waals surface area contributed by atoms with Crippen molar-refractivity contribution in [2.24, 2.45) is 23.7 Å². The molecule has 0 radical (unpaired) electrons. The lowest BCUT2D eigenvalue weighted by Gasteiger charge is -2.28. The number of ether oxygens (including phenoxy) is 2. The lowest BCUT2D eigenvalue weighted by atomic mass is 9.81. The summed E-state index contributed by atoms with van der Waals surface area (Å²) in [6.45, 7) is 1.44. The molecule has 1 aliphatic heterocycles. The predicted molar refractivity (Wildman–Crippen MR) is 118 cm³/mol. The number of likely N-dealkylation sites (tertiary alicyclic amines) is 1. The molecule has 0 aromatic heterocycles. The molecule has 1 saturated heterocycles. The smallest absolute Gasteiger partial charge is 0.326 e. The minimum atomic E-state index is -0.790. The molecule has 2 saturated carbocycles. The fourth-order valence-electron chi connectivity index (χ4n) is 4.89. The minimum Gasteiger partial charge on any atom is -0.494 e. The van der Waals surface area contributed by atoms with E-state index in [-0.39, 0.29) is 45.1 Å². The van der Waals surface area contributed by atoms with Crippen LogP contribution in [0.3, 0.4) is 0 Å². The van der Waals surface area contributed by atoms with E-state index in [1.165, 1.54) is 0 Å². The molecule has 31 heavy (non-hydrogen) atoms. The standard InChI is InChI=1S/C21H22Br2N2O6/c1-2-30-11-5-3-10(4-6-11)24-14(26)9-31-15(27)8-25-20(28)16-12-7-13(17(16)21(25)29)19(23)18(12)22/h3-6,12-13,16-19H,2,7-9H2,1H3,(H,24,26)/t12-,13-,16-,17-,18+,19+/m1/s1. The van der Waals surface area contributed by atoms with Crippen molar-refractivity contribution in [3.05, 3.63) is 24.3 Å². The molecule has 8 nitrogen and oxygen atoms in total. The summed E-state index contributed by atoms with van der Waals surface area (Å²) in [5.41, 5.74) is 0.534. The van der Waals surface area contributed by atoms with Gasteiger partial charge in [-0.3, -0.25) is 24.1 Å². The SMILES string of the molecule is CCOc1ccc(NC(=O)COC(=O)CN2C(=O)[C@@H]3[C@H]4C[C@@H]([C@H](Br)[C@H]4Br)[C@H]3C2=O)cc1. The molecule has 166 valence electrons. The summed E-state index contributed by atoms with van der Waals surface area (Å²) < 4.78 is 10.3. The summed E-state index contributed by atoms with van der Waals surface area (Å²) in [5.74, 6) is -1.87. The van der Waals surface area contributed by atoms with Gasteiger partial charge in [-0.25, -0.2) is 0 Å². The number of amides is 3. The van der Waals surface area contributed by atoms with E-state index < -0.39 is 25.0 Å². The Hall–Kier alpha value is -1.94. The molecule has 4 rings (SSSR count). The largest absolute Gasteiger partial charge is 0.494 e. The van der Waals surface area contributed by atoms with Crippen molar-refractivity contribution in [2.45, 2.75) is 23.0 Å². The Bertz CT molecular complexity index is 876. The zero-order chi connectivity index (χ0) is 22.3. The summed E-state index contributed by atoms with van der Waals surface area (Å²) in [7, 11) is 0. The first-order valence-corrected chi connectivity index (χ1v) is 12.0. The number of fused-ring (bicyclic) bond motifs is 5. The number of halogens is 2. The average Bonchev–Trinajstić information content (AvgIpc) is 3.35. The second kappa shape index (κ2) is 8.90. The summed E-state index contributed by atoms with van der Waals surface area (Å²) >= 11 is 7.25. The van der Waals surface area contributed by atoms with E-state index in [0.29, 0.717) is 18.0 Å². The third kappa shape index (κ3) is 4.11. The van der Waals surface area contributed by atoms with Gasteiger partial charge in [-0.2, -0.15) is 0 Å². The summed E-state index contributed by atoms with van der Waals surface area (Å²) in [6, 6.07) is 6.78. The number of nitrogens with zero attached hydrogens (tertiary/aromatic N) is 1. The normalized spacial score (nSPS) is 31.0. The lowest BCUT2D eigenvalue weighted by Crippen LogP contribution is -2.38. The highest BCUT2D eigenvalue weighted by Gasteiger charge is 2.66. The highest BCUT2D eigenvalue weighted by molar-refractivity contribution is 9.12. The molecule has 10 heteroatoms. The first kappa shape index (κ1) is 22.3. The number of hydrogen-bond donors (Lipinski definition) is 1. The summed E-state index contributed by atoms with van der Waals surface area (Å²) in [4.78, 5) is 51.1. The first-order valence-electron chi connectivity index (χ1n) is 10.1. The van der Waals surface area contributed by atoms with Crippen molar-refractivity contribution < 1.29 is 28.7 Å². The van der Waals surface area contributed by atoms with Gasteiger partial charge < -0.3 is 14.8 Å². The van der Waals surface area contributed by atoms with Crippen molar-refractivity contribution in [3.63, 3.8) is 0 Å². The third-order valence-electron chi connectivity index (χ3n) is 6.18. The number of carbonyl (C=O) groups is 4. The predicted octanol–water partition coefficient (Wildman–Crippen LogP) is 2.34. The molecule has 1 heterocycles. The number of anilines is 1. The van der Waals surface area contributed by atoms with E-state index in [2.05, 4.69) is 37.2 Å². The molecule has 2 bridgehead atoms. The van der Waals surface area contributed by atoms with Gasteiger partial charge in [0.05, 0.1) is 18.4 Å². The number of imide groups is 1. The number of carbonyl (C=O) groups excluding carboxylic acids is 4. The second-order valence-corrected chi connectivity index (χ2v) is 10.0. The van der Waals surface area contributed by atoms with Gasteiger partial charge in [-0.15, -0.1) is 0 Å². The van der Waals surface area contributed by atoms with Crippen LogP contribution >= 0.6 is 31.9 Å². The minimum absolute atomic E-state index is 0.0803. The molecular formula is C21H22Br2N2O6. The Morgan fingerprint density at radius 3 is 2.19 bits per heavy atom. The van der Waals surface area contributed by atoms with Gasteiger partial charge in [0.2, 0.25) is 11.8 Å². The molecule has 1 aromatic carbocycles. The molecule has 6 atom stereocenters. The van der Waals surface area contributed by atoms with Crippen molar-refractivity contribution in [3.8, 4) is 5.75 Å². The van der Waals surface area contributed by atoms with E-state index in [4.69, 9.17) is 9.47 Å². The van der Waals surface area contributed by atoms with Gasteiger partial charge in [-0.1, -0.05) is 31.9 Å². The zero-order valence-electron chi connectivity index (χ0n) is 16.8. The quantitative estimate of drug-likeness (QED) is 0.314. The van der Waals surface area contributed by atoms with Gasteiger partial charge in [-0.05, 0) is 49.4 Å². The van der Waals surface area contributed by atoms with Crippen LogP contribution in [0.4, 0.5) is 5.69 Å². The van der Waals surface area contributed by atoms with Crippen LogP contribution in [0.25, 0.3) is 0 Å². The maximum Gasteiger partial charge on any atom is 0.326 e. The van der Waals surface area contributed by atoms with Gasteiger partial charge in [0.15, 0.2) is 6.61 Å². The number of rotatable bonds is 7. The van der Waals surface area contributed by atoms with E-state index in [0.717, 1.165) is 11.3 Å². The van der Waals surface area contributed by atoms with Crippen LogP contribution < -0.4 is 10.1 Å². The highest BCUT2D eigenvalue weighted by Crippen LogP contribution is 2.60. The second-order valence-electron chi connectivity index (χ2n) is 7.93. The Kier molecular flexibility index (Phi) is 6.39. The van der Waals surface area contributed by atoms with Crippen LogP contribution in [0, 0.1) is 23.7 Å². The fourth-order valence-corrected chi connectivity index (χ4v) is 6.76. The Morgan fingerprint density at radius 1 is 1.06 bits per heavy atom. The maximum atomic E-state index is 12.8. The number of esters is 1. The van der Waals surface area contributed by atoms with Gasteiger partial charge in [0.1, 0.15) is 12.3 Å². The molecule has 3 amide bonds.